The number of carbonyl (C=O) groups is 2. The van der Waals surface area contributed by atoms with Crippen LogP contribution < -0.4 is 5.32 Å². The monoisotopic (exact) mass is 379 g/mol. The van der Waals surface area contributed by atoms with Crippen LogP contribution in [-0.4, -0.2) is 28.8 Å². The molecule has 0 spiro atoms. The Hall–Kier alpha value is 0.225. The molecule has 6 heteroatoms. The van der Waals surface area contributed by atoms with E-state index in [1.54, 1.807) is 8.24 Å². The Kier molecular flexibility index (Phi) is 6.84. The fourth-order valence-corrected chi connectivity index (χ4v) is 6.85. The van der Waals surface area contributed by atoms with Crippen molar-refractivity contribution in [3.8, 4) is 0 Å². The maximum absolute atomic E-state index is 10.6. The van der Waals surface area contributed by atoms with Crippen molar-refractivity contribution in [3.05, 3.63) is 0 Å². The van der Waals surface area contributed by atoms with Gasteiger partial charge in [-0.25, -0.2) is 0 Å². The van der Waals surface area contributed by atoms with Crippen LogP contribution in [-0.2, 0) is 32.6 Å². The third kappa shape index (κ3) is 5.82. The topological polar surface area (TPSA) is 66.4 Å². The Balaban J connectivity index is 3.87. The molecule has 1 amide bonds. The van der Waals surface area contributed by atoms with Crippen molar-refractivity contribution in [1.29, 1.82) is 0 Å². The van der Waals surface area contributed by atoms with E-state index in [4.69, 9.17) is 5.11 Å². The fourth-order valence-electron chi connectivity index (χ4n) is 0.656. The molecule has 0 aliphatic carbocycles. The molecule has 0 radical (unpaired) electrons. The molecule has 0 aromatic rings. The van der Waals surface area contributed by atoms with Gasteiger partial charge in [-0.2, -0.15) is 0 Å². The zero-order valence-corrected chi connectivity index (χ0v) is 13.5. The Morgan fingerprint density at radius 1 is 1.67 bits per heavy atom. The van der Waals surface area contributed by atoms with E-state index in [1.807, 2.05) is 0 Å². The number of hydrogen-bond donors (Lipinski definition) is 2. The van der Waals surface area contributed by atoms with Gasteiger partial charge in [0, 0.05) is 0 Å². The van der Waals surface area contributed by atoms with Gasteiger partial charge in [0.25, 0.3) is 0 Å². The molecule has 4 nitrogen and oxygen atoms in total. The van der Waals surface area contributed by atoms with Gasteiger partial charge in [0.15, 0.2) is 0 Å². The van der Waals surface area contributed by atoms with Gasteiger partial charge in [-0.15, -0.1) is 0 Å². The maximum atomic E-state index is 10.6. The molecular weight excluding hydrogens is 367 g/mol. The summed E-state index contributed by atoms with van der Waals surface area (Å²) < 4.78 is 2.16. The standard InChI is InChI=1S/C5H9NO3S.CH3.Hg/c1-3(7)6-4(2-10)5(8)9;;/h4,10H,2H2,1H3,(H,6,7)(H,8,9);1H3;/q;;+1/p-1/t4-;;/m0../s1. The summed E-state index contributed by atoms with van der Waals surface area (Å²) in [7, 11) is 1.71. The van der Waals surface area contributed by atoms with Gasteiger partial charge in [0.1, 0.15) is 0 Å². The van der Waals surface area contributed by atoms with Gasteiger partial charge in [0.05, 0.1) is 0 Å². The SMILES string of the molecule is [CH3][Hg][S]C[C@H](NC(C)=O)C(=O)O. The number of aliphatic carboxylic acids is 1. The van der Waals surface area contributed by atoms with Crippen LogP contribution in [0.2, 0.25) is 4.43 Å². The van der Waals surface area contributed by atoms with Crippen LogP contribution in [0.15, 0.2) is 0 Å². The molecule has 0 rings (SSSR count). The molecule has 0 saturated heterocycles. The van der Waals surface area contributed by atoms with E-state index in [9.17, 15) is 9.59 Å². The van der Waals surface area contributed by atoms with Crippen molar-refractivity contribution in [1.82, 2.24) is 5.32 Å². The average Bonchev–Trinajstić information content (AvgIpc) is 1.96. The molecule has 0 fully saturated rings. The zero-order valence-electron chi connectivity index (χ0n) is 7.16. The summed E-state index contributed by atoms with van der Waals surface area (Å²) in [6, 6.07) is -0.701. The molecule has 0 heterocycles. The quantitative estimate of drug-likeness (QED) is 0.679. The number of carbonyl (C=O) groups excluding carboxylic acids is 1. The van der Waals surface area contributed by atoms with Gasteiger partial charge in [-0.1, -0.05) is 0 Å². The second kappa shape index (κ2) is 6.71. The molecule has 0 aromatic heterocycles. The van der Waals surface area contributed by atoms with Gasteiger partial charge in [0.2, 0.25) is 0 Å². The summed E-state index contributed by atoms with van der Waals surface area (Å²) in [4.78, 5) is 21.1. The predicted octanol–water partition coefficient (Wildman–Crippen LogP) is 0.355. The summed E-state index contributed by atoms with van der Waals surface area (Å²) in [5.41, 5.74) is 0. The van der Waals surface area contributed by atoms with E-state index in [0.29, 0.717) is 5.75 Å². The first-order valence-corrected chi connectivity index (χ1v) is 17.0. The van der Waals surface area contributed by atoms with Crippen LogP contribution in [0.4, 0.5) is 0 Å². The molecule has 0 aliphatic rings. The van der Waals surface area contributed by atoms with Gasteiger partial charge >= 0.3 is 86.3 Å². The van der Waals surface area contributed by atoms with E-state index >= 15 is 0 Å². The summed E-state index contributed by atoms with van der Waals surface area (Å²) in [5.74, 6) is -0.706. The molecule has 1 atom stereocenters. The molecule has 0 aliphatic heterocycles. The third-order valence-corrected chi connectivity index (χ3v) is 9.65. The van der Waals surface area contributed by atoms with E-state index in [-0.39, 0.29) is 5.91 Å². The van der Waals surface area contributed by atoms with Crippen LogP contribution in [0.1, 0.15) is 6.92 Å². The summed E-state index contributed by atoms with van der Waals surface area (Å²) in [6.45, 7) is 1.33. The second-order valence-corrected chi connectivity index (χ2v) is 15.1. The third-order valence-electron chi connectivity index (χ3n) is 1.16. The molecule has 0 saturated carbocycles. The van der Waals surface area contributed by atoms with E-state index < -0.39 is 35.1 Å². The van der Waals surface area contributed by atoms with Crippen molar-refractivity contribution in [3.63, 3.8) is 0 Å². The zero-order chi connectivity index (χ0) is 9.56. The van der Waals surface area contributed by atoms with Crippen molar-refractivity contribution in [2.45, 2.75) is 17.4 Å². The van der Waals surface area contributed by atoms with E-state index in [0.717, 1.165) is 0 Å². The molecule has 2 N–H and O–H groups in total. The first-order chi connectivity index (χ1) is 5.57. The van der Waals surface area contributed by atoms with Gasteiger partial charge in [-0.3, -0.25) is 0 Å². The first-order valence-electron chi connectivity index (χ1n) is 3.65. The molecule has 0 aromatic carbocycles. The number of amides is 1. The number of carboxylic acid groups (broad SMARTS) is 1. The van der Waals surface area contributed by atoms with Crippen LogP contribution in [0.5, 0.6) is 0 Å². The second-order valence-electron chi connectivity index (χ2n) is 2.25. The normalized spacial score (nSPS) is 11.5. The summed E-state index contributed by atoms with van der Waals surface area (Å²) >= 11 is -0.819. The Morgan fingerprint density at radius 2 is 2.25 bits per heavy atom. The minimum atomic E-state index is -0.945. The average molecular weight is 378 g/mol. The molecular formula is C6H11HgNO3S. The van der Waals surface area contributed by atoms with E-state index in [2.05, 4.69) is 9.75 Å². The van der Waals surface area contributed by atoms with Gasteiger partial charge in [-0.05, 0) is 0 Å². The number of carboxylic acids is 1. The Bertz CT molecular complexity index is 176. The van der Waals surface area contributed by atoms with E-state index in [1.165, 1.54) is 6.92 Å². The minimum absolute atomic E-state index is 0.282. The van der Waals surface area contributed by atoms with Gasteiger partial charge < -0.3 is 0 Å². The van der Waals surface area contributed by atoms with Crippen LogP contribution in [0.3, 0.4) is 0 Å². The molecule has 66 valence electrons. The van der Waals surface area contributed by atoms with Crippen LogP contribution >= 0.6 is 8.24 Å². The van der Waals surface area contributed by atoms with Crippen molar-refractivity contribution in [2.24, 2.45) is 0 Å². The Labute approximate surface area is 86.0 Å². The summed E-state index contributed by atoms with van der Waals surface area (Å²) in [6.07, 6.45) is 0. The predicted molar refractivity (Wildman–Crippen MR) is 43.6 cm³/mol. The van der Waals surface area contributed by atoms with Crippen LogP contribution in [0, 0.1) is 0 Å². The molecule has 12 heavy (non-hydrogen) atoms. The number of hydrogen-bond acceptors (Lipinski definition) is 3. The Morgan fingerprint density at radius 3 is 2.58 bits per heavy atom. The number of nitrogens with one attached hydrogen (secondary N) is 1. The van der Waals surface area contributed by atoms with Crippen molar-refractivity contribution in [2.75, 3.05) is 5.75 Å². The van der Waals surface area contributed by atoms with Crippen molar-refractivity contribution < 1.29 is 37.8 Å². The van der Waals surface area contributed by atoms with Crippen molar-refractivity contribution >= 4 is 20.1 Å². The van der Waals surface area contributed by atoms with Crippen LogP contribution in [0.25, 0.3) is 0 Å². The fraction of sp³-hybridized carbons (Fsp3) is 0.667. The first kappa shape index (κ1) is 12.2. The molecule has 0 bridgehead atoms. The number of rotatable bonds is 5. The summed E-state index contributed by atoms with van der Waals surface area (Å²) in [5, 5.41) is 11.0. The molecule has 0 unspecified atom stereocenters.